The molecule has 0 aliphatic rings. The first-order valence-electron chi connectivity index (χ1n) is 4.51. The van der Waals surface area contributed by atoms with Gasteiger partial charge in [-0.05, 0) is 26.0 Å². The Kier molecular flexibility index (Phi) is 3.99. The maximum absolute atomic E-state index is 11.3. The van der Waals surface area contributed by atoms with Crippen LogP contribution in [0, 0.1) is 0 Å². The Hall–Kier alpha value is -0.740. The van der Waals surface area contributed by atoms with Crippen LogP contribution in [0.1, 0.15) is 13.8 Å². The molecule has 84 valence electrons. The van der Waals surface area contributed by atoms with E-state index in [0.29, 0.717) is 21.4 Å². The van der Waals surface area contributed by atoms with Crippen molar-refractivity contribution in [3.8, 4) is 5.75 Å². The van der Waals surface area contributed by atoms with E-state index >= 15 is 0 Å². The highest BCUT2D eigenvalue weighted by Crippen LogP contribution is 2.31. The molecule has 2 N–H and O–H groups in total. The van der Waals surface area contributed by atoms with Crippen molar-refractivity contribution in [1.29, 1.82) is 0 Å². The fourth-order valence-corrected chi connectivity index (χ4v) is 2.02. The molecular weight excluding hydrogens is 234 g/mol. The van der Waals surface area contributed by atoms with Crippen molar-refractivity contribution in [1.82, 2.24) is 0 Å². The summed E-state index contributed by atoms with van der Waals surface area (Å²) in [6, 6.07) is 3.20. The van der Waals surface area contributed by atoms with Crippen LogP contribution in [0.15, 0.2) is 17.0 Å². The summed E-state index contributed by atoms with van der Waals surface area (Å²) in [5.41, 5.74) is 6.12. The zero-order valence-corrected chi connectivity index (χ0v) is 10.5. The zero-order valence-electron chi connectivity index (χ0n) is 8.91. The predicted molar refractivity (Wildman–Crippen MR) is 64.0 cm³/mol. The smallest absolute Gasteiger partial charge is 0.139 e. The molecule has 0 aliphatic heterocycles. The Labute approximate surface area is 97.0 Å². The number of nitrogens with two attached hydrogens (primary N) is 1. The van der Waals surface area contributed by atoms with Crippen LogP contribution in [0.4, 0.5) is 5.69 Å². The van der Waals surface area contributed by atoms with Gasteiger partial charge in [-0.2, -0.15) is 0 Å². The zero-order chi connectivity index (χ0) is 11.6. The summed E-state index contributed by atoms with van der Waals surface area (Å²) >= 11 is 5.95. The van der Waals surface area contributed by atoms with Crippen LogP contribution in [-0.2, 0) is 10.8 Å². The molecule has 1 unspecified atom stereocenters. The largest absolute Gasteiger partial charge is 0.489 e. The van der Waals surface area contributed by atoms with E-state index in [1.54, 1.807) is 18.4 Å². The molecule has 1 rings (SSSR count). The monoisotopic (exact) mass is 247 g/mol. The second kappa shape index (κ2) is 4.86. The molecule has 0 aliphatic carbocycles. The summed E-state index contributed by atoms with van der Waals surface area (Å²) in [4.78, 5) is 0.551. The van der Waals surface area contributed by atoms with Crippen LogP contribution in [0.3, 0.4) is 0 Å². The van der Waals surface area contributed by atoms with Gasteiger partial charge in [-0.15, -0.1) is 0 Å². The normalized spacial score (nSPS) is 12.9. The van der Waals surface area contributed by atoms with Crippen LogP contribution in [0.25, 0.3) is 0 Å². The number of halogens is 1. The van der Waals surface area contributed by atoms with E-state index in [0.717, 1.165) is 0 Å². The van der Waals surface area contributed by atoms with Crippen LogP contribution < -0.4 is 10.5 Å². The molecule has 1 atom stereocenters. The minimum absolute atomic E-state index is 0.0178. The molecule has 1 aromatic rings. The lowest BCUT2D eigenvalue weighted by molar-refractivity contribution is 0.242. The third kappa shape index (κ3) is 3.11. The first kappa shape index (κ1) is 12.3. The maximum Gasteiger partial charge on any atom is 0.139 e. The molecule has 0 aromatic heterocycles. The Morgan fingerprint density at radius 3 is 2.53 bits per heavy atom. The lowest BCUT2D eigenvalue weighted by atomic mass is 10.3. The quantitative estimate of drug-likeness (QED) is 0.835. The van der Waals surface area contributed by atoms with Crippen LogP contribution >= 0.6 is 11.6 Å². The van der Waals surface area contributed by atoms with E-state index in [1.807, 2.05) is 13.8 Å². The predicted octanol–water partition coefficient (Wildman–Crippen LogP) is 2.45. The van der Waals surface area contributed by atoms with Gasteiger partial charge >= 0.3 is 0 Å². The second-order valence-electron chi connectivity index (χ2n) is 3.44. The number of rotatable bonds is 3. The van der Waals surface area contributed by atoms with E-state index < -0.39 is 10.8 Å². The van der Waals surface area contributed by atoms with Gasteiger partial charge < -0.3 is 10.5 Å². The minimum atomic E-state index is -1.14. The van der Waals surface area contributed by atoms with E-state index in [2.05, 4.69) is 0 Å². The Morgan fingerprint density at radius 2 is 2.07 bits per heavy atom. The third-order valence-electron chi connectivity index (χ3n) is 1.74. The Morgan fingerprint density at radius 1 is 1.47 bits per heavy atom. The molecule has 0 saturated heterocycles. The fourth-order valence-electron chi connectivity index (χ4n) is 1.14. The van der Waals surface area contributed by atoms with E-state index in [4.69, 9.17) is 22.1 Å². The molecule has 0 bridgehead atoms. The average molecular weight is 248 g/mol. The lowest BCUT2D eigenvalue weighted by Gasteiger charge is -2.13. The number of anilines is 1. The summed E-state index contributed by atoms with van der Waals surface area (Å²) in [6.45, 7) is 3.80. The van der Waals surface area contributed by atoms with Crippen LogP contribution in [0.2, 0.25) is 5.02 Å². The van der Waals surface area contributed by atoms with Crippen molar-refractivity contribution in [2.24, 2.45) is 0 Å². The molecule has 0 heterocycles. The molecule has 15 heavy (non-hydrogen) atoms. The molecule has 0 spiro atoms. The van der Waals surface area contributed by atoms with Gasteiger partial charge in [0.05, 0.1) is 26.8 Å². The molecular formula is C10H14ClNO2S. The molecule has 0 saturated carbocycles. The van der Waals surface area contributed by atoms with Gasteiger partial charge in [-0.3, -0.25) is 4.21 Å². The SMILES string of the molecule is CC(C)Oc1cc(S(C)=O)c(N)cc1Cl. The van der Waals surface area contributed by atoms with Crippen LogP contribution in [0.5, 0.6) is 5.75 Å². The summed E-state index contributed by atoms with van der Waals surface area (Å²) in [5, 5.41) is 0.440. The average Bonchev–Trinajstić information content (AvgIpc) is 2.08. The third-order valence-corrected chi connectivity index (χ3v) is 3.00. The Balaban J connectivity index is 3.17. The summed E-state index contributed by atoms with van der Waals surface area (Å²) in [7, 11) is -1.14. The molecule has 0 amide bonds. The standard InChI is InChI=1S/C10H14ClNO2S/c1-6(2)14-9-5-10(15(3)13)8(12)4-7(9)11/h4-6H,12H2,1-3H3. The van der Waals surface area contributed by atoms with Crippen molar-refractivity contribution >= 4 is 28.1 Å². The van der Waals surface area contributed by atoms with Crippen molar-refractivity contribution in [2.45, 2.75) is 24.8 Å². The Bertz CT molecular complexity index is 393. The molecule has 0 radical (unpaired) electrons. The van der Waals surface area contributed by atoms with Gasteiger partial charge in [0, 0.05) is 11.9 Å². The van der Waals surface area contributed by atoms with Crippen molar-refractivity contribution < 1.29 is 8.95 Å². The van der Waals surface area contributed by atoms with Gasteiger partial charge in [0.25, 0.3) is 0 Å². The van der Waals surface area contributed by atoms with E-state index in [-0.39, 0.29) is 6.10 Å². The topological polar surface area (TPSA) is 52.3 Å². The minimum Gasteiger partial charge on any atom is -0.489 e. The van der Waals surface area contributed by atoms with E-state index in [9.17, 15) is 4.21 Å². The number of hydrogen-bond acceptors (Lipinski definition) is 3. The second-order valence-corrected chi connectivity index (χ2v) is 5.20. The highest BCUT2D eigenvalue weighted by molar-refractivity contribution is 7.84. The van der Waals surface area contributed by atoms with Gasteiger partial charge in [-0.1, -0.05) is 11.6 Å². The van der Waals surface area contributed by atoms with Crippen molar-refractivity contribution in [2.75, 3.05) is 12.0 Å². The number of nitrogen functional groups attached to an aromatic ring is 1. The first-order valence-corrected chi connectivity index (χ1v) is 6.44. The fraction of sp³-hybridized carbons (Fsp3) is 0.400. The number of benzene rings is 1. The number of hydrogen-bond donors (Lipinski definition) is 1. The first-order chi connectivity index (χ1) is 6.91. The van der Waals surface area contributed by atoms with Gasteiger partial charge in [0.15, 0.2) is 0 Å². The lowest BCUT2D eigenvalue weighted by Crippen LogP contribution is -2.07. The summed E-state index contributed by atoms with van der Waals surface area (Å²) in [5.74, 6) is 0.520. The molecule has 5 heteroatoms. The summed E-state index contributed by atoms with van der Waals surface area (Å²) < 4.78 is 16.8. The van der Waals surface area contributed by atoms with Crippen molar-refractivity contribution in [3.05, 3.63) is 17.2 Å². The van der Waals surface area contributed by atoms with Gasteiger partial charge in [-0.25, -0.2) is 0 Å². The number of ether oxygens (including phenoxy) is 1. The highest BCUT2D eigenvalue weighted by atomic mass is 35.5. The van der Waals surface area contributed by atoms with Crippen LogP contribution in [-0.4, -0.2) is 16.6 Å². The molecule has 1 aromatic carbocycles. The van der Waals surface area contributed by atoms with Gasteiger partial charge in [0.1, 0.15) is 5.75 Å². The molecule has 0 fully saturated rings. The summed E-state index contributed by atoms with van der Waals surface area (Å²) in [6.07, 6.45) is 1.59. The van der Waals surface area contributed by atoms with Gasteiger partial charge in [0.2, 0.25) is 0 Å². The highest BCUT2D eigenvalue weighted by Gasteiger charge is 2.11. The molecule has 3 nitrogen and oxygen atoms in total. The maximum atomic E-state index is 11.3. The van der Waals surface area contributed by atoms with E-state index in [1.165, 1.54) is 0 Å². The van der Waals surface area contributed by atoms with Crippen molar-refractivity contribution in [3.63, 3.8) is 0 Å².